The Bertz CT molecular complexity index is 869. The van der Waals surface area contributed by atoms with E-state index in [0.717, 1.165) is 11.1 Å². The van der Waals surface area contributed by atoms with Gasteiger partial charge in [-0.15, -0.1) is 0 Å². The normalized spacial score (nSPS) is 12.0. The van der Waals surface area contributed by atoms with Gasteiger partial charge in [-0.05, 0) is 49.4 Å². The number of aliphatic imine (C=N–C) groups is 1. The zero-order valence-corrected chi connectivity index (χ0v) is 15.6. The van der Waals surface area contributed by atoms with Crippen LogP contribution in [0.15, 0.2) is 58.4 Å². The summed E-state index contributed by atoms with van der Waals surface area (Å²) in [5, 5.41) is 6.26. The van der Waals surface area contributed by atoms with Crippen molar-refractivity contribution in [3.8, 4) is 0 Å². The van der Waals surface area contributed by atoms with E-state index in [1.54, 1.807) is 24.3 Å². The predicted octanol–water partition coefficient (Wildman–Crippen LogP) is 1.99. The molecule has 0 amide bonds. The number of guanidine groups is 1. The molecule has 0 bridgehead atoms. The first-order chi connectivity index (χ1) is 12.4. The molecular formula is C18H23FN4O2S. The largest absolute Gasteiger partial charge is 0.357 e. The maximum absolute atomic E-state index is 13.2. The molecule has 0 atom stereocenters. The molecule has 26 heavy (non-hydrogen) atoms. The Morgan fingerprint density at radius 2 is 1.81 bits per heavy atom. The topological polar surface area (TPSA) is 82.6 Å². The number of hydrogen-bond donors (Lipinski definition) is 3. The van der Waals surface area contributed by atoms with Crippen LogP contribution < -0.4 is 15.4 Å². The molecule has 0 fully saturated rings. The minimum Gasteiger partial charge on any atom is -0.357 e. The van der Waals surface area contributed by atoms with Gasteiger partial charge in [0.15, 0.2) is 5.96 Å². The zero-order valence-electron chi connectivity index (χ0n) is 14.8. The van der Waals surface area contributed by atoms with E-state index < -0.39 is 10.0 Å². The molecule has 2 rings (SSSR count). The van der Waals surface area contributed by atoms with E-state index in [4.69, 9.17) is 0 Å². The van der Waals surface area contributed by atoms with Crippen molar-refractivity contribution in [2.45, 2.75) is 24.9 Å². The van der Waals surface area contributed by atoms with E-state index in [2.05, 4.69) is 20.3 Å². The summed E-state index contributed by atoms with van der Waals surface area (Å²) in [5.74, 6) is 0.275. The smallest absolute Gasteiger partial charge is 0.240 e. The number of sulfonamides is 1. The van der Waals surface area contributed by atoms with Crippen LogP contribution in [0.5, 0.6) is 0 Å². The molecule has 0 spiro atoms. The molecule has 0 aromatic heterocycles. The second kappa shape index (κ2) is 9.30. The van der Waals surface area contributed by atoms with Gasteiger partial charge in [-0.3, -0.25) is 0 Å². The Kier molecular flexibility index (Phi) is 7.11. The van der Waals surface area contributed by atoms with Gasteiger partial charge in [-0.2, -0.15) is 0 Å². The predicted molar refractivity (Wildman–Crippen MR) is 101 cm³/mol. The van der Waals surface area contributed by atoms with E-state index in [1.165, 1.54) is 19.2 Å². The number of hydrogen-bond acceptors (Lipinski definition) is 3. The molecule has 0 radical (unpaired) electrons. The quantitative estimate of drug-likeness (QED) is 0.508. The molecule has 0 aliphatic carbocycles. The Labute approximate surface area is 153 Å². The van der Waals surface area contributed by atoms with Gasteiger partial charge in [0.2, 0.25) is 10.0 Å². The van der Waals surface area contributed by atoms with Crippen molar-refractivity contribution in [2.75, 3.05) is 13.6 Å². The van der Waals surface area contributed by atoms with Gasteiger partial charge >= 0.3 is 0 Å². The first-order valence-electron chi connectivity index (χ1n) is 8.23. The van der Waals surface area contributed by atoms with E-state index >= 15 is 0 Å². The molecule has 6 nitrogen and oxygen atoms in total. The summed E-state index contributed by atoms with van der Waals surface area (Å²) in [4.78, 5) is 4.63. The Morgan fingerprint density at radius 3 is 2.50 bits per heavy atom. The van der Waals surface area contributed by atoms with Crippen LogP contribution in [0.25, 0.3) is 0 Å². The monoisotopic (exact) mass is 378 g/mol. The number of benzene rings is 2. The van der Waals surface area contributed by atoms with Crippen molar-refractivity contribution in [1.29, 1.82) is 0 Å². The molecule has 0 aliphatic rings. The van der Waals surface area contributed by atoms with Crippen LogP contribution in [-0.2, 0) is 23.1 Å². The standard InChI is InChI=1S/C18H23FN4O2S/c1-3-21-18(22-12-14-6-4-8-16(19)10-14)23-13-15-7-5-9-17(11-15)26(24,25)20-2/h4-11,20H,3,12-13H2,1-2H3,(H2,21,22,23). The van der Waals surface area contributed by atoms with Crippen LogP contribution in [0, 0.1) is 5.82 Å². The molecule has 2 aromatic rings. The Balaban J connectivity index is 2.06. The summed E-state index contributed by atoms with van der Waals surface area (Å²) in [6, 6.07) is 13.0. The van der Waals surface area contributed by atoms with Crippen LogP contribution in [-0.4, -0.2) is 28.0 Å². The second-order valence-electron chi connectivity index (χ2n) is 5.53. The summed E-state index contributed by atoms with van der Waals surface area (Å²) >= 11 is 0. The molecule has 0 saturated heterocycles. The summed E-state index contributed by atoms with van der Waals surface area (Å²) < 4.78 is 39.3. The molecule has 0 saturated carbocycles. The third-order valence-electron chi connectivity index (χ3n) is 3.59. The lowest BCUT2D eigenvalue weighted by molar-refractivity contribution is 0.588. The van der Waals surface area contributed by atoms with Crippen LogP contribution in [0.3, 0.4) is 0 Å². The van der Waals surface area contributed by atoms with Gasteiger partial charge in [0, 0.05) is 13.1 Å². The molecule has 3 N–H and O–H groups in total. The summed E-state index contributed by atoms with van der Waals surface area (Å²) in [6.07, 6.45) is 0. The maximum atomic E-state index is 13.2. The van der Waals surface area contributed by atoms with Gasteiger partial charge in [0.1, 0.15) is 5.82 Å². The first-order valence-corrected chi connectivity index (χ1v) is 9.72. The maximum Gasteiger partial charge on any atom is 0.240 e. The first kappa shape index (κ1) is 19.9. The fraction of sp³-hybridized carbons (Fsp3) is 0.278. The highest BCUT2D eigenvalue weighted by Gasteiger charge is 2.11. The number of halogens is 1. The van der Waals surface area contributed by atoms with Crippen LogP contribution in [0.4, 0.5) is 4.39 Å². The average Bonchev–Trinajstić information content (AvgIpc) is 2.64. The SMILES string of the molecule is CCNC(=NCc1cccc(F)c1)NCc1cccc(S(=O)(=O)NC)c1. The van der Waals surface area contributed by atoms with Gasteiger partial charge in [0.25, 0.3) is 0 Å². The van der Waals surface area contributed by atoms with E-state index in [9.17, 15) is 12.8 Å². The van der Waals surface area contributed by atoms with E-state index in [0.29, 0.717) is 25.6 Å². The van der Waals surface area contributed by atoms with Gasteiger partial charge in [-0.1, -0.05) is 24.3 Å². The van der Waals surface area contributed by atoms with Crippen LogP contribution in [0.2, 0.25) is 0 Å². The highest BCUT2D eigenvalue weighted by atomic mass is 32.2. The van der Waals surface area contributed by atoms with E-state index in [1.807, 2.05) is 19.1 Å². The van der Waals surface area contributed by atoms with Gasteiger partial charge in [-0.25, -0.2) is 22.5 Å². The fourth-order valence-corrected chi connectivity index (χ4v) is 3.07. The highest BCUT2D eigenvalue weighted by Crippen LogP contribution is 2.11. The Hall–Kier alpha value is -2.45. The lowest BCUT2D eigenvalue weighted by atomic mass is 10.2. The highest BCUT2D eigenvalue weighted by molar-refractivity contribution is 7.89. The van der Waals surface area contributed by atoms with Gasteiger partial charge < -0.3 is 10.6 Å². The lowest BCUT2D eigenvalue weighted by Gasteiger charge is -2.12. The number of nitrogens with zero attached hydrogens (tertiary/aromatic N) is 1. The third kappa shape index (κ3) is 5.82. The molecule has 0 unspecified atom stereocenters. The molecule has 0 aliphatic heterocycles. The van der Waals surface area contributed by atoms with Crippen LogP contribution in [0.1, 0.15) is 18.1 Å². The summed E-state index contributed by atoms with van der Waals surface area (Å²) in [5.41, 5.74) is 1.57. The van der Waals surface area contributed by atoms with Crippen molar-refractivity contribution in [1.82, 2.24) is 15.4 Å². The molecule has 2 aromatic carbocycles. The van der Waals surface area contributed by atoms with Crippen molar-refractivity contribution >= 4 is 16.0 Å². The van der Waals surface area contributed by atoms with Crippen LogP contribution >= 0.6 is 0 Å². The van der Waals surface area contributed by atoms with Crippen molar-refractivity contribution in [3.05, 3.63) is 65.5 Å². The lowest BCUT2D eigenvalue weighted by Crippen LogP contribution is -2.36. The molecule has 0 heterocycles. The second-order valence-corrected chi connectivity index (χ2v) is 7.42. The molecular weight excluding hydrogens is 355 g/mol. The Morgan fingerprint density at radius 1 is 1.08 bits per heavy atom. The minimum absolute atomic E-state index is 0.209. The zero-order chi connectivity index (χ0) is 19.0. The minimum atomic E-state index is -3.48. The van der Waals surface area contributed by atoms with Crippen molar-refractivity contribution < 1.29 is 12.8 Å². The third-order valence-corrected chi connectivity index (χ3v) is 5.00. The van der Waals surface area contributed by atoms with Gasteiger partial charge in [0.05, 0.1) is 11.4 Å². The molecule has 140 valence electrons. The fourth-order valence-electron chi connectivity index (χ4n) is 2.27. The number of rotatable bonds is 7. The molecule has 8 heteroatoms. The average molecular weight is 378 g/mol. The summed E-state index contributed by atoms with van der Waals surface area (Å²) in [6.45, 7) is 3.35. The van der Waals surface area contributed by atoms with E-state index in [-0.39, 0.29) is 10.7 Å². The van der Waals surface area contributed by atoms with Crippen molar-refractivity contribution in [2.24, 2.45) is 4.99 Å². The number of nitrogens with one attached hydrogen (secondary N) is 3. The van der Waals surface area contributed by atoms with Crippen molar-refractivity contribution in [3.63, 3.8) is 0 Å². The summed E-state index contributed by atoms with van der Waals surface area (Å²) in [7, 11) is -2.10.